The van der Waals surface area contributed by atoms with Crippen LogP contribution in [0.1, 0.15) is 19.8 Å². The number of unbranched alkanes of at least 4 members (excludes halogenated alkanes) is 1. The lowest BCUT2D eigenvalue weighted by Crippen LogP contribution is -2.36. The fourth-order valence-corrected chi connectivity index (χ4v) is 1.62. The van der Waals surface area contributed by atoms with Gasteiger partial charge in [-0.2, -0.15) is 5.10 Å². The summed E-state index contributed by atoms with van der Waals surface area (Å²) in [7, 11) is 0. The molecule has 0 aromatic carbocycles. The van der Waals surface area contributed by atoms with Crippen LogP contribution < -0.4 is 11.5 Å². The van der Waals surface area contributed by atoms with Crippen LogP contribution >= 0.6 is 0 Å². The van der Waals surface area contributed by atoms with Gasteiger partial charge in [0, 0.05) is 12.7 Å². The maximum atomic E-state index is 10.9. The van der Waals surface area contributed by atoms with Gasteiger partial charge in [-0.1, -0.05) is 13.3 Å². The van der Waals surface area contributed by atoms with Crippen LogP contribution in [0, 0.1) is 0 Å². The van der Waals surface area contributed by atoms with E-state index in [0.29, 0.717) is 18.9 Å². The molecule has 0 saturated heterocycles. The predicted octanol–water partition coefficient (Wildman–Crippen LogP) is 0.0527. The fourth-order valence-electron chi connectivity index (χ4n) is 1.62. The number of nitrogens with zero attached hydrogens (tertiary/aromatic N) is 3. The van der Waals surface area contributed by atoms with E-state index in [-0.39, 0.29) is 5.91 Å². The van der Waals surface area contributed by atoms with Gasteiger partial charge in [0.2, 0.25) is 5.91 Å². The number of carbonyl (C=O) groups is 1. The molecule has 0 spiro atoms. The van der Waals surface area contributed by atoms with Gasteiger partial charge in [-0.15, -0.1) is 0 Å². The summed E-state index contributed by atoms with van der Waals surface area (Å²) in [6.07, 6.45) is 4.00. The van der Waals surface area contributed by atoms with Crippen molar-refractivity contribution in [2.24, 2.45) is 5.73 Å². The normalized spacial score (nSPS) is 10.9. The second-order valence-corrected chi connectivity index (χ2v) is 4.10. The first kappa shape index (κ1) is 13.5. The van der Waals surface area contributed by atoms with Gasteiger partial charge in [-0.05, 0) is 19.0 Å². The summed E-state index contributed by atoms with van der Waals surface area (Å²) in [6.45, 7) is 4.78. The van der Waals surface area contributed by atoms with Crippen LogP contribution in [0.5, 0.6) is 0 Å². The first-order valence-electron chi connectivity index (χ1n) is 5.91. The molecule has 0 aliphatic carbocycles. The highest BCUT2D eigenvalue weighted by Gasteiger charge is 2.07. The van der Waals surface area contributed by atoms with E-state index >= 15 is 0 Å². The number of carbonyl (C=O) groups excluding carboxylic acids is 1. The summed E-state index contributed by atoms with van der Waals surface area (Å²) in [5, 5.41) is 4.09. The third kappa shape index (κ3) is 5.35. The summed E-state index contributed by atoms with van der Waals surface area (Å²) in [6, 6.07) is 1.75. The Morgan fingerprint density at radius 2 is 2.29 bits per heavy atom. The van der Waals surface area contributed by atoms with Crippen LogP contribution in [-0.2, 0) is 11.3 Å². The van der Waals surface area contributed by atoms with Gasteiger partial charge in [0.25, 0.3) is 0 Å². The van der Waals surface area contributed by atoms with Gasteiger partial charge >= 0.3 is 0 Å². The third-order valence-electron chi connectivity index (χ3n) is 2.51. The zero-order chi connectivity index (χ0) is 12.7. The van der Waals surface area contributed by atoms with Crippen molar-refractivity contribution in [2.45, 2.75) is 26.3 Å². The Balaban J connectivity index is 2.39. The van der Waals surface area contributed by atoms with Crippen molar-refractivity contribution < 1.29 is 4.79 Å². The third-order valence-corrected chi connectivity index (χ3v) is 2.51. The van der Waals surface area contributed by atoms with Gasteiger partial charge in [0.1, 0.15) is 5.82 Å². The van der Waals surface area contributed by atoms with E-state index in [1.807, 2.05) is 11.1 Å². The molecule has 0 aliphatic heterocycles. The molecule has 1 rings (SSSR count). The molecule has 0 aliphatic rings. The standard InChI is InChI=1S/C11H21N5O/c1-2-3-5-15(9-11(13)17)7-8-16-6-4-10(12)14-16/h4,6H,2-3,5,7-9H2,1H3,(H2,12,14)(H2,13,17). The Kier molecular flexibility index (Phi) is 5.48. The number of nitrogens with two attached hydrogens (primary N) is 2. The molecule has 96 valence electrons. The molecule has 0 bridgehead atoms. The van der Waals surface area contributed by atoms with Gasteiger partial charge in [0.15, 0.2) is 0 Å². The van der Waals surface area contributed by atoms with E-state index in [4.69, 9.17) is 11.5 Å². The van der Waals surface area contributed by atoms with E-state index < -0.39 is 0 Å². The molecule has 6 nitrogen and oxygen atoms in total. The van der Waals surface area contributed by atoms with E-state index in [2.05, 4.69) is 12.0 Å². The van der Waals surface area contributed by atoms with Crippen molar-refractivity contribution in [3.05, 3.63) is 12.3 Å². The zero-order valence-corrected chi connectivity index (χ0v) is 10.3. The lowest BCUT2D eigenvalue weighted by atomic mass is 10.3. The molecular formula is C11H21N5O. The van der Waals surface area contributed by atoms with E-state index in [0.717, 1.165) is 25.9 Å². The molecule has 1 aromatic rings. The van der Waals surface area contributed by atoms with E-state index in [1.54, 1.807) is 10.7 Å². The first-order valence-corrected chi connectivity index (χ1v) is 5.91. The molecule has 0 saturated carbocycles. The molecule has 0 radical (unpaired) electrons. The SMILES string of the molecule is CCCCN(CCn1ccc(N)n1)CC(N)=O. The Morgan fingerprint density at radius 1 is 1.53 bits per heavy atom. The summed E-state index contributed by atoms with van der Waals surface area (Å²) >= 11 is 0. The zero-order valence-electron chi connectivity index (χ0n) is 10.3. The van der Waals surface area contributed by atoms with Crippen molar-refractivity contribution in [1.82, 2.24) is 14.7 Å². The molecule has 0 atom stereocenters. The summed E-state index contributed by atoms with van der Waals surface area (Å²) < 4.78 is 1.77. The van der Waals surface area contributed by atoms with Gasteiger partial charge in [-0.25, -0.2) is 0 Å². The average molecular weight is 239 g/mol. The van der Waals surface area contributed by atoms with Crippen LogP contribution in [0.25, 0.3) is 0 Å². The Morgan fingerprint density at radius 3 is 2.82 bits per heavy atom. The summed E-state index contributed by atoms with van der Waals surface area (Å²) in [4.78, 5) is 13.0. The second-order valence-electron chi connectivity index (χ2n) is 4.10. The largest absolute Gasteiger partial charge is 0.382 e. The van der Waals surface area contributed by atoms with Crippen molar-refractivity contribution in [3.8, 4) is 0 Å². The highest BCUT2D eigenvalue weighted by Crippen LogP contribution is 1.99. The molecule has 0 unspecified atom stereocenters. The minimum Gasteiger partial charge on any atom is -0.382 e. The Bertz CT molecular complexity index is 349. The molecule has 6 heteroatoms. The minimum atomic E-state index is -0.291. The fraction of sp³-hybridized carbons (Fsp3) is 0.636. The summed E-state index contributed by atoms with van der Waals surface area (Å²) in [5.41, 5.74) is 10.7. The smallest absolute Gasteiger partial charge is 0.231 e. The van der Waals surface area contributed by atoms with Crippen LogP contribution in [-0.4, -0.2) is 40.2 Å². The summed E-state index contributed by atoms with van der Waals surface area (Å²) in [5.74, 6) is 0.223. The molecule has 0 fully saturated rings. The maximum absolute atomic E-state index is 10.9. The minimum absolute atomic E-state index is 0.291. The number of hydrogen-bond donors (Lipinski definition) is 2. The topological polar surface area (TPSA) is 90.2 Å². The number of nitrogen functional groups attached to an aromatic ring is 1. The number of anilines is 1. The molecular weight excluding hydrogens is 218 g/mol. The van der Waals surface area contributed by atoms with Crippen LogP contribution in [0.15, 0.2) is 12.3 Å². The quantitative estimate of drug-likeness (QED) is 0.671. The van der Waals surface area contributed by atoms with Crippen molar-refractivity contribution in [1.29, 1.82) is 0 Å². The number of rotatable bonds is 8. The average Bonchev–Trinajstić information content (AvgIpc) is 2.68. The number of aromatic nitrogens is 2. The lowest BCUT2D eigenvalue weighted by Gasteiger charge is -2.20. The number of primary amides is 1. The molecule has 1 aromatic heterocycles. The maximum Gasteiger partial charge on any atom is 0.231 e. The van der Waals surface area contributed by atoms with Crippen LogP contribution in [0.4, 0.5) is 5.82 Å². The van der Waals surface area contributed by atoms with Crippen molar-refractivity contribution in [3.63, 3.8) is 0 Å². The van der Waals surface area contributed by atoms with Crippen molar-refractivity contribution in [2.75, 3.05) is 25.4 Å². The first-order chi connectivity index (χ1) is 8.11. The second kappa shape index (κ2) is 6.90. The highest BCUT2D eigenvalue weighted by molar-refractivity contribution is 5.75. The molecule has 1 heterocycles. The lowest BCUT2D eigenvalue weighted by molar-refractivity contribution is -0.119. The predicted molar refractivity (Wildman–Crippen MR) is 67.2 cm³/mol. The van der Waals surface area contributed by atoms with Crippen molar-refractivity contribution >= 4 is 11.7 Å². The molecule has 4 N–H and O–H groups in total. The molecule has 17 heavy (non-hydrogen) atoms. The van der Waals surface area contributed by atoms with E-state index in [1.165, 1.54) is 0 Å². The Hall–Kier alpha value is -1.56. The Labute approximate surface area is 102 Å². The van der Waals surface area contributed by atoms with Gasteiger partial charge < -0.3 is 11.5 Å². The van der Waals surface area contributed by atoms with Crippen LogP contribution in [0.3, 0.4) is 0 Å². The van der Waals surface area contributed by atoms with Gasteiger partial charge in [0.05, 0.1) is 13.1 Å². The van der Waals surface area contributed by atoms with Gasteiger partial charge in [-0.3, -0.25) is 14.4 Å². The number of amides is 1. The van der Waals surface area contributed by atoms with Crippen LogP contribution in [0.2, 0.25) is 0 Å². The monoisotopic (exact) mass is 239 g/mol. The molecule has 1 amide bonds. The van der Waals surface area contributed by atoms with E-state index in [9.17, 15) is 4.79 Å². The highest BCUT2D eigenvalue weighted by atomic mass is 16.1. The number of hydrogen-bond acceptors (Lipinski definition) is 4.